The second-order valence-electron chi connectivity index (χ2n) is 4.82. The fourth-order valence-electron chi connectivity index (χ4n) is 2.05. The molecule has 0 saturated heterocycles. The van der Waals surface area contributed by atoms with E-state index in [1.165, 1.54) is 28.7 Å². The number of carbonyl (C=O) groups is 1. The van der Waals surface area contributed by atoms with E-state index in [-0.39, 0.29) is 24.0 Å². The Hall–Kier alpha value is -2.20. The SMILES string of the molecule is O=C(CSC1=NCCS1)Nc1cc(=O)[nH]c(=O)n1Cc1ccco1. The highest BCUT2D eigenvalue weighted by molar-refractivity contribution is 8.39. The van der Waals surface area contributed by atoms with Gasteiger partial charge in [-0.25, -0.2) is 4.79 Å². The average Bonchev–Trinajstić information content (AvgIpc) is 3.22. The Bertz CT molecular complexity index is 870. The van der Waals surface area contributed by atoms with Gasteiger partial charge in [-0.3, -0.25) is 24.1 Å². The van der Waals surface area contributed by atoms with Crippen molar-refractivity contribution in [2.45, 2.75) is 6.54 Å². The van der Waals surface area contributed by atoms with Crippen LogP contribution in [0.25, 0.3) is 0 Å². The van der Waals surface area contributed by atoms with E-state index in [1.807, 2.05) is 0 Å². The first-order valence-corrected chi connectivity index (χ1v) is 9.05. The summed E-state index contributed by atoms with van der Waals surface area (Å²) < 4.78 is 7.33. The number of H-pyrrole nitrogens is 1. The Morgan fingerprint density at radius 1 is 1.50 bits per heavy atom. The summed E-state index contributed by atoms with van der Waals surface area (Å²) in [4.78, 5) is 42.1. The molecule has 3 heterocycles. The van der Waals surface area contributed by atoms with Gasteiger partial charge in [0.15, 0.2) is 0 Å². The zero-order chi connectivity index (χ0) is 16.9. The van der Waals surface area contributed by atoms with Crippen LogP contribution in [0.15, 0.2) is 43.5 Å². The van der Waals surface area contributed by atoms with Gasteiger partial charge >= 0.3 is 5.69 Å². The molecule has 24 heavy (non-hydrogen) atoms. The summed E-state index contributed by atoms with van der Waals surface area (Å²) in [6, 6.07) is 4.57. The van der Waals surface area contributed by atoms with Crippen LogP contribution in [-0.4, -0.2) is 37.9 Å². The fourth-order valence-corrected chi connectivity index (χ4v) is 3.86. The minimum atomic E-state index is -0.613. The summed E-state index contributed by atoms with van der Waals surface area (Å²) in [6.07, 6.45) is 1.49. The van der Waals surface area contributed by atoms with Crippen molar-refractivity contribution in [3.63, 3.8) is 0 Å². The van der Waals surface area contributed by atoms with Crippen LogP contribution in [0.2, 0.25) is 0 Å². The molecule has 0 fully saturated rings. The van der Waals surface area contributed by atoms with Gasteiger partial charge in [0.2, 0.25) is 5.91 Å². The highest BCUT2D eigenvalue weighted by atomic mass is 32.2. The number of carbonyl (C=O) groups excluding carboxylic acids is 1. The van der Waals surface area contributed by atoms with Crippen LogP contribution in [0.4, 0.5) is 5.82 Å². The van der Waals surface area contributed by atoms with Crippen LogP contribution in [0.5, 0.6) is 0 Å². The minimum absolute atomic E-state index is 0.105. The van der Waals surface area contributed by atoms with Crippen LogP contribution in [0.1, 0.15) is 5.76 Å². The largest absolute Gasteiger partial charge is 0.467 e. The normalized spacial score (nSPS) is 13.8. The Morgan fingerprint density at radius 2 is 2.38 bits per heavy atom. The second kappa shape index (κ2) is 7.58. The number of amides is 1. The molecule has 2 N–H and O–H groups in total. The van der Waals surface area contributed by atoms with E-state index >= 15 is 0 Å². The first kappa shape index (κ1) is 16.7. The smallest absolute Gasteiger partial charge is 0.330 e. The number of aliphatic imine (C=N–C) groups is 1. The van der Waals surface area contributed by atoms with Gasteiger partial charge in [0.05, 0.1) is 25.1 Å². The summed E-state index contributed by atoms with van der Waals surface area (Å²) in [5, 5.41) is 2.61. The van der Waals surface area contributed by atoms with Gasteiger partial charge in [0.1, 0.15) is 16.0 Å². The van der Waals surface area contributed by atoms with Crippen molar-refractivity contribution < 1.29 is 9.21 Å². The van der Waals surface area contributed by atoms with Gasteiger partial charge in [-0.15, -0.1) is 0 Å². The van der Waals surface area contributed by atoms with Gasteiger partial charge in [0.25, 0.3) is 5.56 Å². The van der Waals surface area contributed by atoms with E-state index in [9.17, 15) is 14.4 Å². The van der Waals surface area contributed by atoms with Crippen molar-refractivity contribution in [1.82, 2.24) is 9.55 Å². The maximum Gasteiger partial charge on any atom is 0.330 e. The predicted molar refractivity (Wildman–Crippen MR) is 95.0 cm³/mol. The van der Waals surface area contributed by atoms with Crippen molar-refractivity contribution in [2.75, 3.05) is 23.4 Å². The molecule has 8 nitrogen and oxygen atoms in total. The first-order valence-electron chi connectivity index (χ1n) is 7.08. The molecule has 0 spiro atoms. The minimum Gasteiger partial charge on any atom is -0.467 e. The van der Waals surface area contributed by atoms with E-state index < -0.39 is 11.2 Å². The molecule has 0 unspecified atom stereocenters. The molecule has 126 valence electrons. The van der Waals surface area contributed by atoms with Crippen LogP contribution in [-0.2, 0) is 11.3 Å². The lowest BCUT2D eigenvalue weighted by atomic mass is 10.4. The average molecular weight is 366 g/mol. The summed E-state index contributed by atoms with van der Waals surface area (Å²) >= 11 is 2.95. The third kappa shape index (κ3) is 4.20. The number of nitrogens with zero attached hydrogens (tertiary/aromatic N) is 2. The molecule has 0 atom stereocenters. The first-order chi connectivity index (χ1) is 11.6. The number of hydrogen-bond donors (Lipinski definition) is 2. The highest BCUT2D eigenvalue weighted by Gasteiger charge is 2.14. The van der Waals surface area contributed by atoms with Gasteiger partial charge in [-0.2, -0.15) is 0 Å². The summed E-state index contributed by atoms with van der Waals surface area (Å²) in [6.45, 7) is 0.874. The number of hydrogen-bond acceptors (Lipinski definition) is 7. The summed E-state index contributed by atoms with van der Waals surface area (Å²) in [7, 11) is 0. The fraction of sp³-hybridized carbons (Fsp3) is 0.286. The predicted octanol–water partition coefficient (Wildman–Crippen LogP) is 0.952. The van der Waals surface area contributed by atoms with Crippen LogP contribution in [0, 0.1) is 0 Å². The maximum atomic E-state index is 12.1. The molecule has 0 aliphatic carbocycles. The molecule has 1 aliphatic heterocycles. The van der Waals surface area contributed by atoms with Crippen LogP contribution in [0.3, 0.4) is 0 Å². The molecule has 3 rings (SSSR count). The third-order valence-corrected chi connectivity index (χ3v) is 5.33. The molecule has 0 saturated carbocycles. The van der Waals surface area contributed by atoms with Crippen molar-refractivity contribution >= 4 is 39.6 Å². The Kier molecular flexibility index (Phi) is 5.26. The molecule has 0 aromatic carbocycles. The lowest BCUT2D eigenvalue weighted by Crippen LogP contribution is -2.33. The topological polar surface area (TPSA) is 109 Å². The van der Waals surface area contributed by atoms with E-state index in [0.29, 0.717) is 5.76 Å². The number of furan rings is 1. The molecule has 0 bridgehead atoms. The Balaban J connectivity index is 1.74. The van der Waals surface area contributed by atoms with Gasteiger partial charge < -0.3 is 9.73 Å². The third-order valence-electron chi connectivity index (χ3n) is 3.08. The van der Waals surface area contributed by atoms with Crippen LogP contribution < -0.4 is 16.6 Å². The van der Waals surface area contributed by atoms with Gasteiger partial charge in [0, 0.05) is 11.8 Å². The number of aromatic amines is 1. The van der Waals surface area contributed by atoms with Crippen molar-refractivity contribution in [3.8, 4) is 0 Å². The zero-order valence-electron chi connectivity index (χ0n) is 12.5. The molecule has 0 radical (unpaired) electrons. The monoisotopic (exact) mass is 366 g/mol. The molecular weight excluding hydrogens is 352 g/mol. The molecule has 10 heteroatoms. The summed E-state index contributed by atoms with van der Waals surface area (Å²) in [5.41, 5.74) is -1.19. The van der Waals surface area contributed by atoms with E-state index in [2.05, 4.69) is 15.3 Å². The number of rotatable bonds is 5. The summed E-state index contributed by atoms with van der Waals surface area (Å²) in [5.74, 6) is 1.44. The van der Waals surface area contributed by atoms with E-state index in [1.54, 1.807) is 23.9 Å². The molecular formula is C14H14N4O4S2. The quantitative estimate of drug-likeness (QED) is 0.815. The Morgan fingerprint density at radius 3 is 3.08 bits per heavy atom. The van der Waals surface area contributed by atoms with E-state index in [4.69, 9.17) is 4.42 Å². The standard InChI is InChI=1S/C14H14N4O4S2/c19-11-6-10(16-12(20)8-24-14-15-3-5-23-14)18(13(21)17-11)7-9-2-1-4-22-9/h1-2,4,6H,3,5,7-8H2,(H,16,20)(H,17,19,21). The number of thioether (sulfide) groups is 2. The van der Waals surface area contributed by atoms with Crippen molar-refractivity contribution in [3.05, 3.63) is 51.1 Å². The zero-order valence-corrected chi connectivity index (χ0v) is 14.1. The molecule has 1 aliphatic rings. The lowest BCUT2D eigenvalue weighted by molar-refractivity contribution is -0.113. The maximum absolute atomic E-state index is 12.1. The molecule has 2 aromatic heterocycles. The van der Waals surface area contributed by atoms with E-state index in [0.717, 1.165) is 16.7 Å². The molecule has 2 aromatic rings. The van der Waals surface area contributed by atoms with Crippen molar-refractivity contribution in [1.29, 1.82) is 0 Å². The second-order valence-corrected chi connectivity index (χ2v) is 7.13. The van der Waals surface area contributed by atoms with Crippen molar-refractivity contribution in [2.24, 2.45) is 4.99 Å². The number of anilines is 1. The number of nitrogens with one attached hydrogen (secondary N) is 2. The van der Waals surface area contributed by atoms with Gasteiger partial charge in [-0.1, -0.05) is 23.5 Å². The van der Waals surface area contributed by atoms with Gasteiger partial charge in [-0.05, 0) is 12.1 Å². The number of aromatic nitrogens is 2. The highest BCUT2D eigenvalue weighted by Crippen LogP contribution is 2.22. The lowest BCUT2D eigenvalue weighted by Gasteiger charge is -2.11. The van der Waals surface area contributed by atoms with Crippen LogP contribution >= 0.6 is 23.5 Å². The molecule has 1 amide bonds. The Labute approximate surface area is 144 Å².